The van der Waals surface area contributed by atoms with Crippen LogP contribution in [0.5, 0.6) is 0 Å². The van der Waals surface area contributed by atoms with Crippen LogP contribution in [0, 0.1) is 11.6 Å². The molecule has 0 radical (unpaired) electrons. The van der Waals surface area contributed by atoms with Crippen molar-refractivity contribution in [3.63, 3.8) is 0 Å². The van der Waals surface area contributed by atoms with Gasteiger partial charge in [-0.3, -0.25) is 0 Å². The molecule has 0 aromatic heterocycles. The van der Waals surface area contributed by atoms with E-state index in [0.717, 1.165) is 25.3 Å². The van der Waals surface area contributed by atoms with E-state index in [-0.39, 0.29) is 11.3 Å². The Bertz CT molecular complexity index is 338. The van der Waals surface area contributed by atoms with Gasteiger partial charge in [-0.15, -0.1) is 11.6 Å². The Morgan fingerprint density at radius 3 is 2.57 bits per heavy atom. The van der Waals surface area contributed by atoms with Gasteiger partial charge >= 0.3 is 0 Å². The summed E-state index contributed by atoms with van der Waals surface area (Å²) in [7, 11) is 0. The lowest BCUT2D eigenvalue weighted by atomic mass is 9.97. The summed E-state index contributed by atoms with van der Waals surface area (Å²) in [5, 5.41) is -0.00467. The van der Waals surface area contributed by atoms with Gasteiger partial charge in [0.15, 0.2) is 0 Å². The van der Waals surface area contributed by atoms with Gasteiger partial charge in [-0.25, -0.2) is 8.78 Å². The van der Waals surface area contributed by atoms with Gasteiger partial charge in [-0.05, 0) is 24.5 Å². The Labute approximate surface area is 86.9 Å². The van der Waals surface area contributed by atoms with Gasteiger partial charge in [-0.2, -0.15) is 0 Å². The van der Waals surface area contributed by atoms with Crippen molar-refractivity contribution in [1.29, 1.82) is 0 Å². The minimum atomic E-state index is -0.532. The molecule has 14 heavy (non-hydrogen) atoms. The molecule has 2 rings (SSSR count). The third-order valence-electron chi connectivity index (χ3n) is 2.79. The summed E-state index contributed by atoms with van der Waals surface area (Å²) >= 11 is 6.06. The van der Waals surface area contributed by atoms with Crippen molar-refractivity contribution in [2.24, 2.45) is 0 Å². The van der Waals surface area contributed by atoms with Gasteiger partial charge in [0, 0.05) is 17.4 Å². The molecule has 0 amide bonds. The number of rotatable bonds is 1. The molecule has 0 nitrogen and oxygen atoms in total. The SMILES string of the molecule is Fc1ccc(C2CCCC2Cl)c(F)c1. The highest BCUT2D eigenvalue weighted by molar-refractivity contribution is 6.21. The number of alkyl halides is 1. The highest BCUT2D eigenvalue weighted by Crippen LogP contribution is 2.39. The molecular formula is C11H11ClF2. The molecule has 0 aliphatic heterocycles. The molecule has 76 valence electrons. The van der Waals surface area contributed by atoms with Gasteiger partial charge in [0.2, 0.25) is 0 Å². The second-order valence-electron chi connectivity index (χ2n) is 3.72. The van der Waals surface area contributed by atoms with Crippen molar-refractivity contribution in [2.45, 2.75) is 30.6 Å². The monoisotopic (exact) mass is 216 g/mol. The Kier molecular flexibility index (Phi) is 2.73. The second-order valence-corrected chi connectivity index (χ2v) is 4.28. The van der Waals surface area contributed by atoms with E-state index in [1.807, 2.05) is 0 Å². The van der Waals surface area contributed by atoms with E-state index < -0.39 is 11.6 Å². The van der Waals surface area contributed by atoms with Gasteiger partial charge in [-0.1, -0.05) is 12.5 Å². The second kappa shape index (κ2) is 3.85. The third kappa shape index (κ3) is 1.76. The third-order valence-corrected chi connectivity index (χ3v) is 3.32. The van der Waals surface area contributed by atoms with Crippen LogP contribution in [0.15, 0.2) is 18.2 Å². The summed E-state index contributed by atoms with van der Waals surface area (Å²) in [5.41, 5.74) is 0.559. The van der Waals surface area contributed by atoms with E-state index in [1.165, 1.54) is 12.1 Å². The summed E-state index contributed by atoms with van der Waals surface area (Å²) in [4.78, 5) is 0. The van der Waals surface area contributed by atoms with Crippen LogP contribution in [0.1, 0.15) is 30.7 Å². The Balaban J connectivity index is 2.31. The molecule has 2 unspecified atom stereocenters. The number of benzene rings is 1. The standard InChI is InChI=1S/C11H11ClF2/c12-10-3-1-2-8(10)9-5-4-7(13)6-11(9)14/h4-6,8,10H,1-3H2. The first kappa shape index (κ1) is 9.91. The molecule has 1 aliphatic carbocycles. The lowest BCUT2D eigenvalue weighted by molar-refractivity contribution is 0.555. The van der Waals surface area contributed by atoms with Crippen LogP contribution in [0.25, 0.3) is 0 Å². The Morgan fingerprint density at radius 2 is 2.00 bits per heavy atom. The zero-order valence-electron chi connectivity index (χ0n) is 7.64. The van der Waals surface area contributed by atoms with Crippen LogP contribution in [0.2, 0.25) is 0 Å². The fraction of sp³-hybridized carbons (Fsp3) is 0.455. The van der Waals surface area contributed by atoms with Crippen LogP contribution in [0.4, 0.5) is 8.78 Å². The van der Waals surface area contributed by atoms with Gasteiger partial charge < -0.3 is 0 Å². The summed E-state index contributed by atoms with van der Waals surface area (Å²) in [6, 6.07) is 3.73. The number of hydrogen-bond acceptors (Lipinski definition) is 0. The minimum absolute atomic E-state index is 0.00467. The average Bonchev–Trinajstić information content (AvgIpc) is 2.52. The maximum Gasteiger partial charge on any atom is 0.129 e. The van der Waals surface area contributed by atoms with Crippen LogP contribution in [0.3, 0.4) is 0 Å². The molecule has 0 bridgehead atoms. The maximum atomic E-state index is 13.4. The van der Waals surface area contributed by atoms with Gasteiger partial charge in [0.05, 0.1) is 0 Å². The Morgan fingerprint density at radius 1 is 1.21 bits per heavy atom. The maximum absolute atomic E-state index is 13.4. The van der Waals surface area contributed by atoms with Crippen LogP contribution < -0.4 is 0 Å². The van der Waals surface area contributed by atoms with Crippen LogP contribution in [-0.2, 0) is 0 Å². The fourth-order valence-electron chi connectivity index (χ4n) is 2.07. The van der Waals surface area contributed by atoms with Crippen LogP contribution in [-0.4, -0.2) is 5.38 Å². The van der Waals surface area contributed by atoms with E-state index >= 15 is 0 Å². The summed E-state index contributed by atoms with van der Waals surface area (Å²) in [6.07, 6.45) is 2.84. The zero-order valence-corrected chi connectivity index (χ0v) is 8.40. The molecule has 0 spiro atoms. The highest BCUT2D eigenvalue weighted by Gasteiger charge is 2.28. The predicted molar refractivity (Wildman–Crippen MR) is 52.6 cm³/mol. The smallest absolute Gasteiger partial charge is 0.129 e. The molecule has 1 aromatic rings. The molecular weight excluding hydrogens is 206 g/mol. The van der Waals surface area contributed by atoms with Crippen molar-refractivity contribution < 1.29 is 8.78 Å². The molecule has 1 aromatic carbocycles. The van der Waals surface area contributed by atoms with Crippen molar-refractivity contribution in [3.05, 3.63) is 35.4 Å². The summed E-state index contributed by atoms with van der Waals surface area (Å²) in [6.45, 7) is 0. The van der Waals surface area contributed by atoms with Crippen molar-refractivity contribution in [2.75, 3.05) is 0 Å². The van der Waals surface area contributed by atoms with Crippen LogP contribution >= 0.6 is 11.6 Å². The first-order chi connectivity index (χ1) is 6.68. The quantitative estimate of drug-likeness (QED) is 0.626. The normalized spacial score (nSPS) is 26.8. The Hall–Kier alpha value is -0.630. The molecule has 0 heterocycles. The van der Waals surface area contributed by atoms with E-state index in [0.29, 0.717) is 5.56 Å². The van der Waals surface area contributed by atoms with Crippen molar-refractivity contribution >= 4 is 11.6 Å². The van der Waals surface area contributed by atoms with Crippen molar-refractivity contribution in [3.8, 4) is 0 Å². The fourth-order valence-corrected chi connectivity index (χ4v) is 2.48. The molecule has 0 N–H and O–H groups in total. The topological polar surface area (TPSA) is 0 Å². The lowest BCUT2D eigenvalue weighted by Gasteiger charge is -2.14. The lowest BCUT2D eigenvalue weighted by Crippen LogP contribution is -2.07. The van der Waals surface area contributed by atoms with E-state index in [4.69, 9.17) is 11.6 Å². The summed E-state index contributed by atoms with van der Waals surface area (Å²) in [5.74, 6) is -0.949. The van der Waals surface area contributed by atoms with Crippen molar-refractivity contribution in [1.82, 2.24) is 0 Å². The first-order valence-corrected chi connectivity index (χ1v) is 5.21. The van der Waals surface area contributed by atoms with E-state index in [9.17, 15) is 8.78 Å². The van der Waals surface area contributed by atoms with Gasteiger partial charge in [0.1, 0.15) is 11.6 Å². The average molecular weight is 217 g/mol. The molecule has 1 saturated carbocycles. The number of halogens is 3. The number of hydrogen-bond donors (Lipinski definition) is 0. The molecule has 3 heteroatoms. The summed E-state index contributed by atoms with van der Waals surface area (Å²) < 4.78 is 26.0. The largest absolute Gasteiger partial charge is 0.207 e. The first-order valence-electron chi connectivity index (χ1n) is 4.77. The zero-order chi connectivity index (χ0) is 10.1. The van der Waals surface area contributed by atoms with E-state index in [1.54, 1.807) is 0 Å². The van der Waals surface area contributed by atoms with Gasteiger partial charge in [0.25, 0.3) is 0 Å². The molecule has 0 saturated heterocycles. The van der Waals surface area contributed by atoms with E-state index in [2.05, 4.69) is 0 Å². The molecule has 1 aliphatic rings. The molecule has 1 fully saturated rings. The highest BCUT2D eigenvalue weighted by atomic mass is 35.5. The minimum Gasteiger partial charge on any atom is -0.207 e. The predicted octanol–water partition coefficient (Wildman–Crippen LogP) is 3.84. The molecule has 2 atom stereocenters.